The summed E-state index contributed by atoms with van der Waals surface area (Å²) in [4.78, 5) is 20.7. The minimum Gasteiger partial charge on any atom is -0.478 e. The molecule has 2 aromatic carbocycles. The molecule has 0 unspecified atom stereocenters. The van der Waals surface area contributed by atoms with Crippen LogP contribution < -0.4 is 5.32 Å². The molecule has 29 heavy (non-hydrogen) atoms. The number of guanidine groups is 1. The Balaban J connectivity index is 1.68. The molecule has 0 aliphatic carbocycles. The van der Waals surface area contributed by atoms with Crippen LogP contribution in [0.1, 0.15) is 29.3 Å². The molecule has 6 heteroatoms. The van der Waals surface area contributed by atoms with Gasteiger partial charge >= 0.3 is 5.97 Å². The summed E-state index contributed by atoms with van der Waals surface area (Å²) in [6.07, 6.45) is 2.06. The molecule has 154 valence electrons. The smallest absolute Gasteiger partial charge is 0.335 e. The van der Waals surface area contributed by atoms with E-state index >= 15 is 0 Å². The number of benzene rings is 2. The Morgan fingerprint density at radius 2 is 1.72 bits per heavy atom. The zero-order chi connectivity index (χ0) is 20.5. The van der Waals surface area contributed by atoms with Crippen molar-refractivity contribution in [3.63, 3.8) is 0 Å². The monoisotopic (exact) mass is 394 g/mol. The molecule has 1 aliphatic rings. The first kappa shape index (κ1) is 20.9. The highest BCUT2D eigenvalue weighted by Crippen LogP contribution is 2.12. The molecular weight excluding hydrogens is 364 g/mol. The van der Waals surface area contributed by atoms with E-state index in [-0.39, 0.29) is 5.56 Å². The molecule has 0 amide bonds. The van der Waals surface area contributed by atoms with Crippen molar-refractivity contribution in [3.8, 4) is 0 Å². The SMILES string of the molecule is CCCN1CCN(C(=NCCc2ccccc2)Nc2ccc(C(=O)O)cc2)CC1. The predicted molar refractivity (Wildman–Crippen MR) is 118 cm³/mol. The van der Waals surface area contributed by atoms with Crippen LogP contribution in [-0.2, 0) is 6.42 Å². The largest absolute Gasteiger partial charge is 0.478 e. The summed E-state index contributed by atoms with van der Waals surface area (Å²) in [5.41, 5.74) is 2.41. The number of hydrogen-bond acceptors (Lipinski definition) is 3. The fourth-order valence-corrected chi connectivity index (χ4v) is 3.48. The first-order chi connectivity index (χ1) is 14.2. The van der Waals surface area contributed by atoms with Crippen LogP contribution in [0.15, 0.2) is 59.6 Å². The molecule has 0 saturated carbocycles. The second-order valence-corrected chi connectivity index (χ2v) is 7.28. The number of anilines is 1. The van der Waals surface area contributed by atoms with Gasteiger partial charge in [0.05, 0.1) is 5.56 Å². The van der Waals surface area contributed by atoms with E-state index in [4.69, 9.17) is 10.1 Å². The fraction of sp³-hybridized carbons (Fsp3) is 0.391. The van der Waals surface area contributed by atoms with E-state index in [1.807, 2.05) is 6.07 Å². The second kappa shape index (κ2) is 10.6. The third kappa shape index (κ3) is 6.32. The molecule has 1 fully saturated rings. The minimum atomic E-state index is -0.916. The first-order valence-corrected chi connectivity index (χ1v) is 10.3. The normalized spacial score (nSPS) is 15.3. The van der Waals surface area contributed by atoms with Crippen LogP contribution >= 0.6 is 0 Å². The number of carboxylic acids is 1. The van der Waals surface area contributed by atoms with Gasteiger partial charge in [-0.25, -0.2) is 4.79 Å². The summed E-state index contributed by atoms with van der Waals surface area (Å²) >= 11 is 0. The Labute approximate surface area is 172 Å². The van der Waals surface area contributed by atoms with E-state index in [0.29, 0.717) is 6.54 Å². The molecule has 1 heterocycles. The number of nitrogens with zero attached hydrogens (tertiary/aromatic N) is 3. The maximum atomic E-state index is 11.1. The van der Waals surface area contributed by atoms with Crippen molar-refractivity contribution in [2.45, 2.75) is 19.8 Å². The second-order valence-electron chi connectivity index (χ2n) is 7.28. The van der Waals surface area contributed by atoms with Crippen molar-refractivity contribution in [1.82, 2.24) is 9.80 Å². The fourth-order valence-electron chi connectivity index (χ4n) is 3.48. The van der Waals surface area contributed by atoms with Gasteiger partial charge in [0.25, 0.3) is 0 Å². The zero-order valence-corrected chi connectivity index (χ0v) is 17.1. The maximum Gasteiger partial charge on any atom is 0.335 e. The van der Waals surface area contributed by atoms with Crippen LogP contribution in [0, 0.1) is 0 Å². The highest BCUT2D eigenvalue weighted by molar-refractivity contribution is 5.94. The van der Waals surface area contributed by atoms with Crippen molar-refractivity contribution >= 4 is 17.6 Å². The molecule has 1 saturated heterocycles. The van der Waals surface area contributed by atoms with Crippen LogP contribution in [0.25, 0.3) is 0 Å². The topological polar surface area (TPSA) is 68.2 Å². The van der Waals surface area contributed by atoms with E-state index in [1.54, 1.807) is 24.3 Å². The zero-order valence-electron chi connectivity index (χ0n) is 17.1. The van der Waals surface area contributed by atoms with Crippen LogP contribution in [0.2, 0.25) is 0 Å². The molecule has 0 bridgehead atoms. The number of carboxylic acid groups (broad SMARTS) is 1. The van der Waals surface area contributed by atoms with Crippen molar-refractivity contribution in [3.05, 3.63) is 65.7 Å². The molecular formula is C23H30N4O2. The van der Waals surface area contributed by atoms with Gasteiger partial charge in [0.15, 0.2) is 5.96 Å². The predicted octanol–water partition coefficient (Wildman–Crippen LogP) is 3.42. The van der Waals surface area contributed by atoms with Gasteiger partial charge in [-0.2, -0.15) is 0 Å². The third-order valence-electron chi connectivity index (χ3n) is 5.10. The number of aliphatic imine (C=N–C) groups is 1. The highest BCUT2D eigenvalue weighted by Gasteiger charge is 2.19. The lowest BCUT2D eigenvalue weighted by molar-refractivity contribution is 0.0697. The number of aromatic carboxylic acids is 1. The average Bonchev–Trinajstić information content (AvgIpc) is 2.75. The maximum absolute atomic E-state index is 11.1. The molecule has 1 aliphatic heterocycles. The van der Waals surface area contributed by atoms with Gasteiger partial charge in [-0.05, 0) is 49.2 Å². The van der Waals surface area contributed by atoms with E-state index in [0.717, 1.165) is 50.8 Å². The quantitative estimate of drug-likeness (QED) is 0.556. The Morgan fingerprint density at radius 3 is 2.34 bits per heavy atom. The molecule has 0 atom stereocenters. The van der Waals surface area contributed by atoms with Crippen LogP contribution in [0.4, 0.5) is 5.69 Å². The first-order valence-electron chi connectivity index (χ1n) is 10.3. The lowest BCUT2D eigenvalue weighted by Crippen LogP contribution is -2.50. The van der Waals surface area contributed by atoms with Gasteiger partial charge in [-0.1, -0.05) is 37.3 Å². The summed E-state index contributed by atoms with van der Waals surface area (Å²) in [5, 5.41) is 12.5. The number of piperazine rings is 1. The van der Waals surface area contributed by atoms with E-state index in [2.05, 4.69) is 46.3 Å². The van der Waals surface area contributed by atoms with Gasteiger partial charge in [-0.3, -0.25) is 9.89 Å². The van der Waals surface area contributed by atoms with Gasteiger partial charge in [0, 0.05) is 38.4 Å². The summed E-state index contributed by atoms with van der Waals surface area (Å²) < 4.78 is 0. The minimum absolute atomic E-state index is 0.284. The summed E-state index contributed by atoms with van der Waals surface area (Å²) in [5.74, 6) is -0.0551. The molecule has 2 aromatic rings. The van der Waals surface area contributed by atoms with Crippen LogP contribution in [0.5, 0.6) is 0 Å². The van der Waals surface area contributed by atoms with Gasteiger partial charge in [0.2, 0.25) is 0 Å². The molecule has 3 rings (SSSR count). The van der Waals surface area contributed by atoms with Crippen molar-refractivity contribution in [1.29, 1.82) is 0 Å². The molecule has 0 radical (unpaired) electrons. The Kier molecular flexibility index (Phi) is 7.64. The number of hydrogen-bond donors (Lipinski definition) is 2. The molecule has 0 spiro atoms. The standard InChI is InChI=1S/C23H30N4O2/c1-2-14-26-15-17-27(18-16-26)23(24-13-12-19-6-4-3-5-7-19)25-21-10-8-20(9-11-21)22(28)29/h3-11H,2,12-18H2,1H3,(H,24,25)(H,28,29). The Bertz CT molecular complexity index is 797. The van der Waals surface area contributed by atoms with Crippen LogP contribution in [0.3, 0.4) is 0 Å². The van der Waals surface area contributed by atoms with Crippen molar-refractivity contribution < 1.29 is 9.90 Å². The lowest BCUT2D eigenvalue weighted by Gasteiger charge is -2.36. The van der Waals surface area contributed by atoms with E-state index in [1.165, 1.54) is 12.0 Å². The average molecular weight is 395 g/mol. The molecule has 2 N–H and O–H groups in total. The summed E-state index contributed by atoms with van der Waals surface area (Å²) in [6, 6.07) is 17.2. The molecule has 0 aromatic heterocycles. The van der Waals surface area contributed by atoms with Crippen molar-refractivity contribution in [2.24, 2.45) is 4.99 Å². The summed E-state index contributed by atoms with van der Waals surface area (Å²) in [6.45, 7) is 7.99. The van der Waals surface area contributed by atoms with Crippen LogP contribution in [-0.4, -0.2) is 66.1 Å². The number of rotatable bonds is 7. The van der Waals surface area contributed by atoms with Gasteiger partial charge in [-0.15, -0.1) is 0 Å². The Morgan fingerprint density at radius 1 is 1.03 bits per heavy atom. The highest BCUT2D eigenvalue weighted by atomic mass is 16.4. The molecule has 6 nitrogen and oxygen atoms in total. The van der Waals surface area contributed by atoms with Gasteiger partial charge < -0.3 is 15.3 Å². The Hall–Kier alpha value is -2.86. The van der Waals surface area contributed by atoms with Crippen molar-refractivity contribution in [2.75, 3.05) is 44.6 Å². The number of nitrogens with one attached hydrogen (secondary N) is 1. The van der Waals surface area contributed by atoms with E-state index in [9.17, 15) is 4.79 Å². The third-order valence-corrected chi connectivity index (χ3v) is 5.10. The van der Waals surface area contributed by atoms with Gasteiger partial charge in [0.1, 0.15) is 0 Å². The van der Waals surface area contributed by atoms with E-state index < -0.39 is 5.97 Å². The number of carbonyl (C=O) groups is 1. The lowest BCUT2D eigenvalue weighted by atomic mass is 10.2. The summed E-state index contributed by atoms with van der Waals surface area (Å²) in [7, 11) is 0.